The van der Waals surface area contributed by atoms with Gasteiger partial charge < -0.3 is 4.74 Å². The first kappa shape index (κ1) is 10.4. The number of carbonyl (C=O) groups excluding carboxylic acids is 1. The Balaban J connectivity index is 2.07. The average Bonchev–Trinajstić information content (AvgIpc) is 2.91. The van der Waals surface area contributed by atoms with Crippen molar-refractivity contribution < 1.29 is 9.53 Å². The Kier molecular flexibility index (Phi) is 2.61. The highest BCUT2D eigenvalue weighted by Crippen LogP contribution is 2.23. The number of fused-ring (bicyclic) bond motifs is 1. The van der Waals surface area contributed by atoms with E-state index in [1.807, 2.05) is 30.3 Å². The lowest BCUT2D eigenvalue weighted by molar-refractivity contribution is 0.0902. The Morgan fingerprint density at radius 1 is 1.29 bits per heavy atom. The van der Waals surface area contributed by atoms with Gasteiger partial charge in [0.2, 0.25) is 0 Å². The number of carbonyl (C=O) groups is 1. The Bertz CT molecular complexity index is 554. The molecule has 0 amide bonds. The minimum Gasteiger partial charge on any atom is -0.381 e. The van der Waals surface area contributed by atoms with Crippen molar-refractivity contribution in [2.75, 3.05) is 13.2 Å². The molecule has 86 valence electrons. The summed E-state index contributed by atoms with van der Waals surface area (Å²) in [5.74, 6) is 0.196. The third-order valence-electron chi connectivity index (χ3n) is 3.21. The Morgan fingerprint density at radius 3 is 3.06 bits per heavy atom. The first-order valence-electron chi connectivity index (χ1n) is 5.82. The number of aromatic nitrogens is 1. The molecular weight excluding hydrogens is 214 g/mol. The molecule has 0 saturated carbocycles. The second kappa shape index (κ2) is 4.26. The second-order valence-corrected chi connectivity index (χ2v) is 4.30. The number of pyridine rings is 1. The molecule has 0 bridgehead atoms. The molecule has 3 heteroatoms. The van der Waals surface area contributed by atoms with Gasteiger partial charge in [-0.3, -0.25) is 9.78 Å². The predicted molar refractivity (Wildman–Crippen MR) is 65.0 cm³/mol. The summed E-state index contributed by atoms with van der Waals surface area (Å²) in [5, 5.41) is 0.937. The molecule has 2 heterocycles. The minimum atomic E-state index is 0.0146. The van der Waals surface area contributed by atoms with Crippen molar-refractivity contribution in [1.82, 2.24) is 4.98 Å². The number of benzene rings is 1. The highest BCUT2D eigenvalue weighted by molar-refractivity contribution is 6.08. The Hall–Kier alpha value is -1.74. The number of hydrogen-bond acceptors (Lipinski definition) is 3. The molecule has 1 aromatic carbocycles. The van der Waals surface area contributed by atoms with E-state index in [1.165, 1.54) is 0 Å². The fourth-order valence-electron chi connectivity index (χ4n) is 2.28. The van der Waals surface area contributed by atoms with Gasteiger partial charge >= 0.3 is 0 Å². The summed E-state index contributed by atoms with van der Waals surface area (Å²) >= 11 is 0. The second-order valence-electron chi connectivity index (χ2n) is 4.30. The highest BCUT2D eigenvalue weighted by Gasteiger charge is 2.25. The monoisotopic (exact) mass is 227 g/mol. The minimum absolute atomic E-state index is 0.0146. The van der Waals surface area contributed by atoms with Crippen molar-refractivity contribution in [3.8, 4) is 0 Å². The molecule has 2 aromatic rings. The Morgan fingerprint density at radius 2 is 2.24 bits per heavy atom. The van der Waals surface area contributed by atoms with Crippen LogP contribution in [0.2, 0.25) is 0 Å². The molecule has 17 heavy (non-hydrogen) atoms. The van der Waals surface area contributed by atoms with Crippen LogP contribution >= 0.6 is 0 Å². The van der Waals surface area contributed by atoms with Gasteiger partial charge in [-0.05, 0) is 18.6 Å². The maximum Gasteiger partial charge on any atom is 0.169 e. The van der Waals surface area contributed by atoms with Gasteiger partial charge in [-0.25, -0.2) is 0 Å². The van der Waals surface area contributed by atoms with Gasteiger partial charge in [0, 0.05) is 29.7 Å². The molecule has 3 rings (SSSR count). The molecule has 1 atom stereocenters. The van der Waals surface area contributed by atoms with E-state index in [4.69, 9.17) is 4.74 Å². The van der Waals surface area contributed by atoms with Gasteiger partial charge in [-0.1, -0.05) is 18.2 Å². The van der Waals surface area contributed by atoms with Crippen LogP contribution in [0.1, 0.15) is 16.8 Å². The van der Waals surface area contributed by atoms with Crippen molar-refractivity contribution in [2.24, 2.45) is 5.92 Å². The first-order valence-corrected chi connectivity index (χ1v) is 5.82. The molecule has 0 aliphatic carbocycles. The fraction of sp³-hybridized carbons (Fsp3) is 0.286. The zero-order valence-corrected chi connectivity index (χ0v) is 9.43. The number of Topliss-reactive ketones (excluding diaryl/α,β-unsaturated/α-hetero) is 1. The van der Waals surface area contributed by atoms with Gasteiger partial charge in [0.15, 0.2) is 5.78 Å². The third kappa shape index (κ3) is 1.83. The van der Waals surface area contributed by atoms with Crippen LogP contribution < -0.4 is 0 Å². The van der Waals surface area contributed by atoms with Crippen LogP contribution in [0.15, 0.2) is 36.5 Å². The molecule has 0 radical (unpaired) electrons. The van der Waals surface area contributed by atoms with Crippen molar-refractivity contribution in [1.29, 1.82) is 0 Å². The van der Waals surface area contributed by atoms with Crippen LogP contribution in [0.5, 0.6) is 0 Å². The standard InChI is InChI=1S/C14H13NO2/c16-14(10-6-8-17-9-10)12-3-1-5-13-11(12)4-2-7-15-13/h1-5,7,10H,6,8-9H2. The van der Waals surface area contributed by atoms with Crippen molar-refractivity contribution in [3.63, 3.8) is 0 Å². The molecule has 1 saturated heterocycles. The van der Waals surface area contributed by atoms with E-state index in [1.54, 1.807) is 6.20 Å². The summed E-state index contributed by atoms with van der Waals surface area (Å²) in [6.07, 6.45) is 2.57. The van der Waals surface area contributed by atoms with Crippen LogP contribution in [0.4, 0.5) is 0 Å². The lowest BCUT2D eigenvalue weighted by Crippen LogP contribution is -2.14. The topological polar surface area (TPSA) is 39.2 Å². The predicted octanol–water partition coefficient (Wildman–Crippen LogP) is 2.45. The van der Waals surface area contributed by atoms with E-state index in [2.05, 4.69) is 4.98 Å². The zero-order chi connectivity index (χ0) is 11.7. The summed E-state index contributed by atoms with van der Waals surface area (Å²) in [5.41, 5.74) is 1.64. The average molecular weight is 227 g/mol. The van der Waals surface area contributed by atoms with Gasteiger partial charge in [-0.15, -0.1) is 0 Å². The summed E-state index contributed by atoms with van der Waals surface area (Å²) in [6, 6.07) is 9.51. The molecular formula is C14H13NO2. The lowest BCUT2D eigenvalue weighted by atomic mass is 9.94. The SMILES string of the molecule is O=C(c1cccc2ncccc12)C1CCOC1. The van der Waals surface area contributed by atoms with E-state index >= 15 is 0 Å². The summed E-state index contributed by atoms with van der Waals surface area (Å²) in [7, 11) is 0. The van der Waals surface area contributed by atoms with E-state index in [0.29, 0.717) is 13.2 Å². The molecule has 1 aliphatic rings. The van der Waals surface area contributed by atoms with Gasteiger partial charge in [0.25, 0.3) is 0 Å². The molecule has 3 nitrogen and oxygen atoms in total. The summed E-state index contributed by atoms with van der Waals surface area (Å²) in [6.45, 7) is 1.24. The first-order chi connectivity index (χ1) is 8.36. The number of hydrogen-bond donors (Lipinski definition) is 0. The summed E-state index contributed by atoms with van der Waals surface area (Å²) < 4.78 is 5.28. The number of nitrogens with zero attached hydrogens (tertiary/aromatic N) is 1. The molecule has 1 aliphatic heterocycles. The fourth-order valence-corrected chi connectivity index (χ4v) is 2.28. The number of ether oxygens (including phenoxy) is 1. The van der Waals surface area contributed by atoms with Crippen molar-refractivity contribution in [3.05, 3.63) is 42.1 Å². The van der Waals surface area contributed by atoms with Gasteiger partial charge in [0.1, 0.15) is 0 Å². The van der Waals surface area contributed by atoms with Crippen LogP contribution in [0, 0.1) is 5.92 Å². The normalized spacial score (nSPS) is 19.6. The van der Waals surface area contributed by atoms with E-state index < -0.39 is 0 Å². The highest BCUT2D eigenvalue weighted by atomic mass is 16.5. The largest absolute Gasteiger partial charge is 0.381 e. The molecule has 0 spiro atoms. The van der Waals surface area contributed by atoms with Crippen LogP contribution in [0.3, 0.4) is 0 Å². The molecule has 0 N–H and O–H groups in total. The van der Waals surface area contributed by atoms with Crippen molar-refractivity contribution in [2.45, 2.75) is 6.42 Å². The van der Waals surface area contributed by atoms with Crippen molar-refractivity contribution >= 4 is 16.7 Å². The quantitative estimate of drug-likeness (QED) is 0.740. The number of ketones is 1. The van der Waals surface area contributed by atoms with Crippen LogP contribution in [0.25, 0.3) is 10.9 Å². The molecule has 1 unspecified atom stereocenters. The third-order valence-corrected chi connectivity index (χ3v) is 3.21. The molecule has 1 aromatic heterocycles. The van der Waals surface area contributed by atoms with E-state index in [0.717, 1.165) is 22.9 Å². The van der Waals surface area contributed by atoms with Gasteiger partial charge in [-0.2, -0.15) is 0 Å². The summed E-state index contributed by atoms with van der Waals surface area (Å²) in [4.78, 5) is 16.6. The molecule has 1 fully saturated rings. The van der Waals surface area contributed by atoms with Gasteiger partial charge in [0.05, 0.1) is 12.1 Å². The lowest BCUT2D eigenvalue weighted by Gasteiger charge is -2.08. The maximum absolute atomic E-state index is 12.4. The smallest absolute Gasteiger partial charge is 0.169 e. The van der Waals surface area contributed by atoms with Crippen LogP contribution in [-0.4, -0.2) is 24.0 Å². The van der Waals surface area contributed by atoms with E-state index in [9.17, 15) is 4.79 Å². The zero-order valence-electron chi connectivity index (χ0n) is 9.43. The number of rotatable bonds is 2. The van der Waals surface area contributed by atoms with E-state index in [-0.39, 0.29) is 11.7 Å². The maximum atomic E-state index is 12.4. The van der Waals surface area contributed by atoms with Crippen LogP contribution in [-0.2, 0) is 4.74 Å². The Labute approximate surface area is 99.4 Å².